The molecule has 0 amide bonds. The quantitative estimate of drug-likeness (QED) is 0.652. The van der Waals surface area contributed by atoms with Crippen LogP contribution in [0, 0.1) is 0 Å². The minimum absolute atomic E-state index is 0.616. The van der Waals surface area contributed by atoms with Gasteiger partial charge >= 0.3 is 0 Å². The highest BCUT2D eigenvalue weighted by atomic mass is 15.3. The van der Waals surface area contributed by atoms with Crippen molar-refractivity contribution in [2.45, 2.75) is 32.4 Å². The summed E-state index contributed by atoms with van der Waals surface area (Å²) in [6, 6.07) is 10.9. The molecule has 0 radical (unpaired) electrons. The molecule has 1 saturated carbocycles. The lowest BCUT2D eigenvalue weighted by atomic mass is 10.2. The fraction of sp³-hybridized carbons (Fsp3) is 0.375. The maximum Gasteiger partial charge on any atom is 0.191 e. The number of hydrogen-bond acceptors (Lipinski definition) is 2. The molecule has 0 saturated heterocycles. The van der Waals surface area contributed by atoms with Crippen LogP contribution < -0.4 is 10.6 Å². The number of benzene rings is 1. The fourth-order valence-electron chi connectivity index (χ4n) is 2.09. The summed E-state index contributed by atoms with van der Waals surface area (Å²) in [5.41, 5.74) is 2.26. The summed E-state index contributed by atoms with van der Waals surface area (Å²) in [5.74, 6) is 0.913. The van der Waals surface area contributed by atoms with Gasteiger partial charge in [0.2, 0.25) is 0 Å². The highest BCUT2D eigenvalue weighted by Crippen LogP contribution is 2.18. The van der Waals surface area contributed by atoms with Crippen molar-refractivity contribution < 1.29 is 0 Å². The number of rotatable bonds is 5. The van der Waals surface area contributed by atoms with E-state index < -0.39 is 0 Å². The van der Waals surface area contributed by atoms with Gasteiger partial charge in [-0.3, -0.25) is 0 Å². The number of aliphatic imine (C=N–C) groups is 1. The van der Waals surface area contributed by atoms with Crippen molar-refractivity contribution in [2.24, 2.45) is 4.99 Å². The van der Waals surface area contributed by atoms with E-state index in [-0.39, 0.29) is 0 Å². The molecule has 1 aliphatic carbocycles. The van der Waals surface area contributed by atoms with Crippen LogP contribution in [-0.4, -0.2) is 28.3 Å². The first-order valence-corrected chi connectivity index (χ1v) is 7.49. The minimum Gasteiger partial charge on any atom is -0.357 e. The van der Waals surface area contributed by atoms with Crippen LogP contribution in [0.2, 0.25) is 0 Å². The maximum absolute atomic E-state index is 4.63. The molecule has 0 atom stereocenters. The van der Waals surface area contributed by atoms with Crippen molar-refractivity contribution in [1.82, 2.24) is 20.4 Å². The number of hydrogen-bond donors (Lipinski definition) is 2. The van der Waals surface area contributed by atoms with Gasteiger partial charge in [-0.25, -0.2) is 9.67 Å². The number of guanidine groups is 1. The SMILES string of the molecule is CCNC(=NCc1ccc(-n2cccn2)cc1)NC1CC1. The highest BCUT2D eigenvalue weighted by molar-refractivity contribution is 5.80. The molecule has 1 aromatic carbocycles. The normalized spacial score (nSPS) is 15.0. The second-order valence-electron chi connectivity index (χ2n) is 5.23. The van der Waals surface area contributed by atoms with E-state index in [0.29, 0.717) is 12.6 Å². The molecular weight excluding hydrogens is 262 g/mol. The molecule has 21 heavy (non-hydrogen) atoms. The Morgan fingerprint density at radius 1 is 1.33 bits per heavy atom. The second kappa shape index (κ2) is 6.43. The van der Waals surface area contributed by atoms with E-state index in [2.05, 4.69) is 51.9 Å². The average Bonchev–Trinajstić information content (AvgIpc) is 3.16. The zero-order valence-corrected chi connectivity index (χ0v) is 12.3. The number of nitrogens with one attached hydrogen (secondary N) is 2. The Balaban J connectivity index is 1.63. The van der Waals surface area contributed by atoms with Crippen LogP contribution >= 0.6 is 0 Å². The van der Waals surface area contributed by atoms with E-state index in [1.807, 2.05) is 16.9 Å². The molecule has 110 valence electrons. The summed E-state index contributed by atoms with van der Waals surface area (Å²) in [6.07, 6.45) is 6.23. The molecule has 0 unspecified atom stereocenters. The van der Waals surface area contributed by atoms with Crippen LogP contribution in [-0.2, 0) is 6.54 Å². The lowest BCUT2D eigenvalue weighted by Gasteiger charge is -2.10. The van der Waals surface area contributed by atoms with Crippen molar-refractivity contribution in [1.29, 1.82) is 0 Å². The topological polar surface area (TPSA) is 54.2 Å². The van der Waals surface area contributed by atoms with E-state index >= 15 is 0 Å². The molecule has 1 aromatic heterocycles. The largest absolute Gasteiger partial charge is 0.357 e. The van der Waals surface area contributed by atoms with Gasteiger partial charge in [0.25, 0.3) is 0 Å². The number of aromatic nitrogens is 2. The highest BCUT2D eigenvalue weighted by Gasteiger charge is 2.21. The maximum atomic E-state index is 4.63. The predicted molar refractivity (Wildman–Crippen MR) is 84.5 cm³/mol. The van der Waals surface area contributed by atoms with E-state index in [0.717, 1.165) is 18.2 Å². The van der Waals surface area contributed by atoms with Gasteiger partial charge in [0, 0.05) is 25.0 Å². The van der Waals surface area contributed by atoms with Gasteiger partial charge in [-0.05, 0) is 43.5 Å². The molecule has 2 aromatic rings. The molecule has 1 fully saturated rings. The Hall–Kier alpha value is -2.30. The smallest absolute Gasteiger partial charge is 0.191 e. The van der Waals surface area contributed by atoms with Crippen LogP contribution in [0.5, 0.6) is 0 Å². The summed E-state index contributed by atoms with van der Waals surface area (Å²) < 4.78 is 1.85. The van der Waals surface area contributed by atoms with Crippen LogP contribution in [0.3, 0.4) is 0 Å². The van der Waals surface area contributed by atoms with E-state index in [1.54, 1.807) is 6.20 Å². The third-order valence-corrected chi connectivity index (χ3v) is 3.39. The Morgan fingerprint density at radius 2 is 2.14 bits per heavy atom. The Kier molecular flexibility index (Phi) is 4.19. The zero-order chi connectivity index (χ0) is 14.5. The fourth-order valence-corrected chi connectivity index (χ4v) is 2.09. The van der Waals surface area contributed by atoms with Crippen LogP contribution in [0.4, 0.5) is 0 Å². The molecule has 1 aliphatic rings. The molecule has 5 nitrogen and oxygen atoms in total. The first kappa shape index (κ1) is 13.7. The molecule has 0 aliphatic heterocycles. The molecule has 2 N–H and O–H groups in total. The summed E-state index contributed by atoms with van der Waals surface area (Å²) in [6.45, 7) is 3.65. The number of nitrogens with zero attached hydrogens (tertiary/aromatic N) is 3. The van der Waals surface area contributed by atoms with Crippen molar-refractivity contribution >= 4 is 5.96 Å². The molecule has 3 rings (SSSR count). The minimum atomic E-state index is 0.616. The summed E-state index contributed by atoms with van der Waals surface area (Å²) in [7, 11) is 0. The molecule has 0 bridgehead atoms. The van der Waals surface area contributed by atoms with E-state index in [9.17, 15) is 0 Å². The van der Waals surface area contributed by atoms with Gasteiger partial charge in [-0.1, -0.05) is 12.1 Å². The van der Waals surface area contributed by atoms with E-state index in [4.69, 9.17) is 0 Å². The average molecular weight is 283 g/mol. The monoisotopic (exact) mass is 283 g/mol. The van der Waals surface area contributed by atoms with Gasteiger partial charge in [0.15, 0.2) is 5.96 Å². The van der Waals surface area contributed by atoms with Gasteiger partial charge in [0.1, 0.15) is 0 Å². The predicted octanol–water partition coefficient (Wildman–Crippen LogP) is 2.09. The van der Waals surface area contributed by atoms with Gasteiger partial charge in [-0.15, -0.1) is 0 Å². The van der Waals surface area contributed by atoms with Crippen molar-refractivity contribution in [3.8, 4) is 5.69 Å². The van der Waals surface area contributed by atoms with Crippen LogP contribution in [0.25, 0.3) is 5.69 Å². The summed E-state index contributed by atoms with van der Waals surface area (Å²) >= 11 is 0. The Bertz CT molecular complexity index is 582. The summed E-state index contributed by atoms with van der Waals surface area (Å²) in [4.78, 5) is 4.63. The van der Waals surface area contributed by atoms with Gasteiger partial charge in [-0.2, -0.15) is 5.10 Å². The summed E-state index contributed by atoms with van der Waals surface area (Å²) in [5, 5.41) is 10.9. The molecule has 0 spiro atoms. The second-order valence-corrected chi connectivity index (χ2v) is 5.23. The van der Waals surface area contributed by atoms with Crippen molar-refractivity contribution in [3.63, 3.8) is 0 Å². The Labute approximate surface area is 125 Å². The molecule has 5 heteroatoms. The third kappa shape index (κ3) is 3.84. The molecular formula is C16H21N5. The van der Waals surface area contributed by atoms with Gasteiger partial charge < -0.3 is 10.6 Å². The lowest BCUT2D eigenvalue weighted by Crippen LogP contribution is -2.38. The van der Waals surface area contributed by atoms with Crippen LogP contribution in [0.1, 0.15) is 25.3 Å². The Morgan fingerprint density at radius 3 is 2.76 bits per heavy atom. The van der Waals surface area contributed by atoms with E-state index in [1.165, 1.54) is 18.4 Å². The first-order chi connectivity index (χ1) is 10.3. The van der Waals surface area contributed by atoms with Crippen LogP contribution in [0.15, 0.2) is 47.7 Å². The third-order valence-electron chi connectivity index (χ3n) is 3.39. The standard InChI is InChI=1S/C16H21N5/c1-2-17-16(20-14-6-7-14)18-12-13-4-8-15(9-5-13)21-11-3-10-19-21/h3-5,8-11,14H,2,6-7,12H2,1H3,(H2,17,18,20). The van der Waals surface area contributed by atoms with Crippen molar-refractivity contribution in [2.75, 3.05) is 6.54 Å². The first-order valence-electron chi connectivity index (χ1n) is 7.49. The zero-order valence-electron chi connectivity index (χ0n) is 12.3. The van der Waals surface area contributed by atoms with Gasteiger partial charge in [0.05, 0.1) is 12.2 Å². The van der Waals surface area contributed by atoms with Crippen molar-refractivity contribution in [3.05, 3.63) is 48.3 Å². The lowest BCUT2D eigenvalue weighted by molar-refractivity contribution is 0.812. The molecule has 1 heterocycles.